The number of ether oxygens (including phenoxy) is 5. The molecule has 1 fully saturated rings. The minimum atomic E-state index is -1.06. The molecule has 0 atom stereocenters. The maximum atomic E-state index is 13.8. The zero-order valence-corrected chi connectivity index (χ0v) is 24.8. The van der Waals surface area contributed by atoms with Crippen molar-refractivity contribution in [3.63, 3.8) is 0 Å². The number of hydrogen-bond acceptors (Lipinski definition) is 8. The molecule has 220 valence electrons. The highest BCUT2D eigenvalue weighted by atomic mass is 35.5. The third-order valence-electron chi connectivity index (χ3n) is 6.47. The first kappa shape index (κ1) is 30.5. The number of benzene rings is 3. The fraction of sp³-hybridized carbons (Fsp3) is 0.233. The number of methoxy groups -OCH3 is 4. The molecule has 12 heteroatoms. The molecular formula is C30H28Cl2N2O8. The standard InChI is InChI=1S/C30H28Cl2N2O8/c1-38-21-13-26(40-3)22(27(14-21)41-4)16-33-15-19(11-18-12-20(31)9-10-24(18)39-2)29(36)34(17-28(33)35)30(37)42-25-8-6-5-7-23(25)32/h5-14H,15-17H2,1-4H3. The lowest BCUT2D eigenvalue weighted by atomic mass is 10.1. The van der Waals surface area contributed by atoms with Crippen molar-refractivity contribution < 1.29 is 38.1 Å². The van der Waals surface area contributed by atoms with Gasteiger partial charge in [-0.15, -0.1) is 0 Å². The molecular weight excluding hydrogens is 587 g/mol. The van der Waals surface area contributed by atoms with Gasteiger partial charge in [0.25, 0.3) is 5.91 Å². The van der Waals surface area contributed by atoms with Crippen LogP contribution in [0.5, 0.6) is 28.7 Å². The summed E-state index contributed by atoms with van der Waals surface area (Å²) >= 11 is 12.4. The van der Waals surface area contributed by atoms with Crippen molar-refractivity contribution in [3.8, 4) is 28.7 Å². The van der Waals surface area contributed by atoms with Gasteiger partial charge in [0.05, 0.1) is 52.1 Å². The molecule has 0 unspecified atom stereocenters. The molecule has 0 aromatic heterocycles. The number of nitrogens with zero attached hydrogens (tertiary/aromatic N) is 2. The second-order valence-electron chi connectivity index (χ2n) is 9.01. The lowest BCUT2D eigenvalue weighted by Gasteiger charge is -2.24. The molecule has 1 heterocycles. The number of rotatable bonds is 8. The van der Waals surface area contributed by atoms with E-state index in [1.165, 1.54) is 51.5 Å². The van der Waals surface area contributed by atoms with Crippen molar-refractivity contribution in [2.75, 3.05) is 41.5 Å². The predicted octanol–water partition coefficient (Wildman–Crippen LogP) is 5.48. The number of amides is 3. The Balaban J connectivity index is 1.78. The average molecular weight is 615 g/mol. The van der Waals surface area contributed by atoms with Crippen LogP contribution in [-0.2, 0) is 16.1 Å². The highest BCUT2D eigenvalue weighted by Gasteiger charge is 2.36. The smallest absolute Gasteiger partial charge is 0.422 e. The van der Waals surface area contributed by atoms with Crippen LogP contribution in [0, 0.1) is 0 Å². The maximum absolute atomic E-state index is 13.8. The van der Waals surface area contributed by atoms with E-state index in [1.54, 1.807) is 42.5 Å². The first-order valence-corrected chi connectivity index (χ1v) is 13.3. The van der Waals surface area contributed by atoms with Gasteiger partial charge in [0.15, 0.2) is 5.75 Å². The van der Waals surface area contributed by atoms with Crippen LogP contribution in [0.1, 0.15) is 11.1 Å². The third kappa shape index (κ3) is 6.72. The van der Waals surface area contributed by atoms with Gasteiger partial charge < -0.3 is 28.6 Å². The number of para-hydroxylation sites is 1. The van der Waals surface area contributed by atoms with Crippen LogP contribution < -0.4 is 23.7 Å². The minimum absolute atomic E-state index is 0.0140. The number of imide groups is 1. The molecule has 10 nitrogen and oxygen atoms in total. The molecule has 4 rings (SSSR count). The lowest BCUT2D eigenvalue weighted by molar-refractivity contribution is -0.134. The topological polar surface area (TPSA) is 104 Å². The Bertz CT molecular complexity index is 1520. The van der Waals surface area contributed by atoms with E-state index in [0.29, 0.717) is 39.1 Å². The quantitative estimate of drug-likeness (QED) is 0.307. The SMILES string of the molecule is COc1cc(OC)c(CN2CC(=Cc3cc(Cl)ccc3OC)C(=O)N(C(=O)Oc3ccccc3Cl)CC2=O)c(OC)c1. The van der Waals surface area contributed by atoms with Crippen molar-refractivity contribution in [2.45, 2.75) is 6.54 Å². The van der Waals surface area contributed by atoms with Gasteiger partial charge in [0, 0.05) is 28.3 Å². The first-order valence-electron chi connectivity index (χ1n) is 12.6. The largest absolute Gasteiger partial charge is 0.496 e. The first-order chi connectivity index (χ1) is 20.2. The Hall–Kier alpha value is -4.41. The minimum Gasteiger partial charge on any atom is -0.496 e. The highest BCUT2D eigenvalue weighted by Crippen LogP contribution is 2.36. The molecule has 1 aliphatic heterocycles. The van der Waals surface area contributed by atoms with Gasteiger partial charge in [-0.1, -0.05) is 35.3 Å². The number of carbonyl (C=O) groups excluding carboxylic acids is 3. The van der Waals surface area contributed by atoms with Gasteiger partial charge in [-0.3, -0.25) is 9.59 Å². The summed E-state index contributed by atoms with van der Waals surface area (Å²) in [5.41, 5.74) is 1.11. The summed E-state index contributed by atoms with van der Waals surface area (Å²) in [6.45, 7) is -0.769. The van der Waals surface area contributed by atoms with Gasteiger partial charge in [-0.05, 0) is 36.4 Å². The van der Waals surface area contributed by atoms with Crippen LogP contribution in [0.3, 0.4) is 0 Å². The predicted molar refractivity (Wildman–Crippen MR) is 157 cm³/mol. The van der Waals surface area contributed by atoms with Gasteiger partial charge in [0.2, 0.25) is 5.91 Å². The van der Waals surface area contributed by atoms with E-state index < -0.39 is 24.5 Å². The molecule has 0 radical (unpaired) electrons. The fourth-order valence-corrected chi connectivity index (χ4v) is 4.70. The van der Waals surface area contributed by atoms with Crippen molar-refractivity contribution in [1.82, 2.24) is 9.80 Å². The summed E-state index contributed by atoms with van der Waals surface area (Å²) in [6, 6.07) is 14.5. The van der Waals surface area contributed by atoms with E-state index in [0.717, 1.165) is 4.90 Å². The van der Waals surface area contributed by atoms with Crippen LogP contribution in [0.25, 0.3) is 6.08 Å². The Morgan fingerprint density at radius 1 is 0.833 bits per heavy atom. The molecule has 0 saturated carbocycles. The van der Waals surface area contributed by atoms with E-state index in [1.807, 2.05) is 0 Å². The normalized spacial score (nSPS) is 14.5. The molecule has 0 aliphatic carbocycles. The van der Waals surface area contributed by atoms with Crippen LogP contribution in [0.2, 0.25) is 10.0 Å². The van der Waals surface area contributed by atoms with E-state index in [9.17, 15) is 14.4 Å². The zero-order chi connectivity index (χ0) is 30.4. The molecule has 3 amide bonds. The van der Waals surface area contributed by atoms with E-state index >= 15 is 0 Å². The highest BCUT2D eigenvalue weighted by molar-refractivity contribution is 6.32. The number of halogens is 2. The van der Waals surface area contributed by atoms with Crippen LogP contribution in [-0.4, -0.2) is 69.2 Å². The maximum Gasteiger partial charge on any atom is 0.422 e. The average Bonchev–Trinajstić information content (AvgIpc) is 3.10. The third-order valence-corrected chi connectivity index (χ3v) is 7.02. The molecule has 1 saturated heterocycles. The summed E-state index contributed by atoms with van der Waals surface area (Å²) in [4.78, 5) is 42.9. The van der Waals surface area contributed by atoms with Crippen molar-refractivity contribution >= 4 is 47.2 Å². The summed E-state index contributed by atoms with van der Waals surface area (Å²) in [5, 5.41) is 0.568. The Labute approximate surface area is 252 Å². The van der Waals surface area contributed by atoms with Crippen molar-refractivity contribution in [1.29, 1.82) is 0 Å². The Kier molecular flexibility index (Phi) is 9.82. The number of carbonyl (C=O) groups is 3. The van der Waals surface area contributed by atoms with E-state index in [4.69, 9.17) is 46.9 Å². The summed E-state index contributed by atoms with van der Waals surface area (Å²) in [5.74, 6) is 0.523. The summed E-state index contributed by atoms with van der Waals surface area (Å²) < 4.78 is 27.3. The fourth-order valence-electron chi connectivity index (χ4n) is 4.35. The van der Waals surface area contributed by atoms with E-state index in [2.05, 4.69) is 0 Å². The number of hydrogen-bond donors (Lipinski definition) is 0. The van der Waals surface area contributed by atoms with Gasteiger partial charge in [-0.2, -0.15) is 0 Å². The Morgan fingerprint density at radius 2 is 1.50 bits per heavy atom. The monoisotopic (exact) mass is 614 g/mol. The molecule has 42 heavy (non-hydrogen) atoms. The second kappa shape index (κ2) is 13.5. The molecule has 1 aliphatic rings. The summed E-state index contributed by atoms with van der Waals surface area (Å²) in [7, 11) is 5.95. The lowest BCUT2D eigenvalue weighted by Crippen LogP contribution is -2.42. The van der Waals surface area contributed by atoms with Crippen LogP contribution in [0.4, 0.5) is 4.79 Å². The molecule has 0 bridgehead atoms. The molecule has 3 aromatic rings. The summed E-state index contributed by atoms with van der Waals surface area (Å²) in [6.07, 6.45) is 0.462. The van der Waals surface area contributed by atoms with E-state index in [-0.39, 0.29) is 29.4 Å². The Morgan fingerprint density at radius 3 is 2.12 bits per heavy atom. The second-order valence-corrected chi connectivity index (χ2v) is 9.85. The molecule has 3 aromatic carbocycles. The van der Waals surface area contributed by atoms with Crippen LogP contribution in [0.15, 0.2) is 60.2 Å². The van der Waals surface area contributed by atoms with Gasteiger partial charge in [-0.25, -0.2) is 9.69 Å². The van der Waals surface area contributed by atoms with Gasteiger partial charge in [0.1, 0.15) is 29.5 Å². The van der Waals surface area contributed by atoms with Gasteiger partial charge >= 0.3 is 6.09 Å². The zero-order valence-electron chi connectivity index (χ0n) is 23.3. The van der Waals surface area contributed by atoms with Crippen LogP contribution >= 0.6 is 23.2 Å². The van der Waals surface area contributed by atoms with Crippen molar-refractivity contribution in [3.05, 3.63) is 81.3 Å². The van der Waals surface area contributed by atoms with Crippen molar-refractivity contribution in [2.24, 2.45) is 0 Å². The molecule has 0 spiro atoms. The molecule has 0 N–H and O–H groups in total.